The quantitative estimate of drug-likeness (QED) is 0.629. The van der Waals surface area contributed by atoms with Crippen molar-refractivity contribution in [3.63, 3.8) is 0 Å². The topological polar surface area (TPSA) is 12.4 Å². The number of aliphatic imine (C=N–C) groups is 1. The standard InChI is InChI=1S/C16H17N/c1-11-7-8-14-10-9-13-5-3-4-6-15(13)17-16(14)12(11)2/h3-8,13H,9-10H2,1-2H3. The molecule has 0 fully saturated rings. The zero-order valence-corrected chi connectivity index (χ0v) is 10.4. The third kappa shape index (κ3) is 1.76. The van der Waals surface area contributed by atoms with Gasteiger partial charge in [-0.1, -0.05) is 30.4 Å². The molecule has 0 spiro atoms. The van der Waals surface area contributed by atoms with E-state index in [0.717, 1.165) is 6.42 Å². The Morgan fingerprint density at radius 3 is 2.94 bits per heavy atom. The normalized spacial score (nSPS) is 21.5. The molecule has 1 atom stereocenters. The van der Waals surface area contributed by atoms with E-state index in [1.54, 1.807) is 0 Å². The Balaban J connectivity index is 2.16. The van der Waals surface area contributed by atoms with Crippen LogP contribution in [-0.4, -0.2) is 5.71 Å². The van der Waals surface area contributed by atoms with Gasteiger partial charge in [0.15, 0.2) is 0 Å². The summed E-state index contributed by atoms with van der Waals surface area (Å²) in [6, 6.07) is 4.46. The van der Waals surface area contributed by atoms with Gasteiger partial charge in [0.05, 0.1) is 5.69 Å². The molecule has 2 aliphatic rings. The smallest absolute Gasteiger partial charge is 0.0696 e. The Hall–Kier alpha value is -1.63. The minimum Gasteiger partial charge on any atom is -0.252 e. The summed E-state index contributed by atoms with van der Waals surface area (Å²) in [6.07, 6.45) is 11.0. The number of nitrogens with zero attached hydrogens (tertiary/aromatic N) is 1. The summed E-state index contributed by atoms with van der Waals surface area (Å²) in [6.45, 7) is 4.34. The van der Waals surface area contributed by atoms with Gasteiger partial charge in [-0.05, 0) is 49.5 Å². The molecule has 1 aromatic carbocycles. The summed E-state index contributed by atoms with van der Waals surface area (Å²) in [5.41, 5.74) is 6.50. The van der Waals surface area contributed by atoms with E-state index in [9.17, 15) is 0 Å². The van der Waals surface area contributed by atoms with Crippen LogP contribution in [0, 0.1) is 19.8 Å². The molecule has 0 saturated carbocycles. The fraction of sp³-hybridized carbons (Fsp3) is 0.312. The molecule has 1 heteroatoms. The molecule has 0 bridgehead atoms. The molecule has 0 radical (unpaired) electrons. The van der Waals surface area contributed by atoms with Gasteiger partial charge in [0.1, 0.15) is 0 Å². The number of rotatable bonds is 0. The largest absolute Gasteiger partial charge is 0.252 e. The molecular weight excluding hydrogens is 206 g/mol. The van der Waals surface area contributed by atoms with Crippen LogP contribution in [0.3, 0.4) is 0 Å². The Kier molecular flexibility index (Phi) is 2.47. The molecule has 3 rings (SSSR count). The monoisotopic (exact) mass is 223 g/mol. The molecule has 0 aromatic heterocycles. The van der Waals surface area contributed by atoms with E-state index in [1.807, 2.05) is 0 Å². The van der Waals surface area contributed by atoms with Gasteiger partial charge in [0.25, 0.3) is 0 Å². The van der Waals surface area contributed by atoms with Crippen molar-refractivity contribution in [3.8, 4) is 0 Å². The molecule has 1 nitrogen and oxygen atoms in total. The molecular formula is C16H17N. The number of fused-ring (bicyclic) bond motifs is 2. The van der Waals surface area contributed by atoms with E-state index < -0.39 is 0 Å². The predicted octanol–water partition coefficient (Wildman–Crippen LogP) is 4.06. The van der Waals surface area contributed by atoms with E-state index in [-0.39, 0.29) is 0 Å². The molecule has 86 valence electrons. The molecule has 1 aliphatic carbocycles. The Labute approximate surface area is 103 Å². The van der Waals surface area contributed by atoms with E-state index in [1.165, 1.54) is 34.5 Å². The average molecular weight is 223 g/mol. The predicted molar refractivity (Wildman–Crippen MR) is 73.1 cm³/mol. The average Bonchev–Trinajstić information content (AvgIpc) is 2.54. The number of hydrogen-bond donors (Lipinski definition) is 0. The second-order valence-corrected chi connectivity index (χ2v) is 4.94. The number of hydrogen-bond acceptors (Lipinski definition) is 1. The summed E-state index contributed by atoms with van der Waals surface area (Å²) in [7, 11) is 0. The van der Waals surface area contributed by atoms with Crippen molar-refractivity contribution in [1.82, 2.24) is 0 Å². The van der Waals surface area contributed by atoms with Gasteiger partial charge in [-0.15, -0.1) is 0 Å². The first kappa shape index (κ1) is 10.5. The molecule has 1 heterocycles. The Bertz CT molecular complexity index is 547. The Morgan fingerprint density at radius 2 is 2.06 bits per heavy atom. The summed E-state index contributed by atoms with van der Waals surface area (Å²) < 4.78 is 0. The molecule has 1 unspecified atom stereocenters. The summed E-state index contributed by atoms with van der Waals surface area (Å²) in [5, 5.41) is 0. The van der Waals surface area contributed by atoms with Crippen molar-refractivity contribution in [1.29, 1.82) is 0 Å². The van der Waals surface area contributed by atoms with Crippen molar-refractivity contribution in [2.75, 3.05) is 0 Å². The SMILES string of the molecule is Cc1ccc2c(c1C)N=C1C=CC=CC1CC2. The molecule has 0 N–H and O–H groups in total. The fourth-order valence-electron chi connectivity index (χ4n) is 2.59. The summed E-state index contributed by atoms with van der Waals surface area (Å²) >= 11 is 0. The first-order valence-corrected chi connectivity index (χ1v) is 6.28. The van der Waals surface area contributed by atoms with Gasteiger partial charge in [-0.25, -0.2) is 0 Å². The zero-order chi connectivity index (χ0) is 11.8. The summed E-state index contributed by atoms with van der Waals surface area (Å²) in [5.74, 6) is 0.507. The number of benzene rings is 1. The lowest BCUT2D eigenvalue weighted by atomic mass is 9.92. The third-order valence-electron chi connectivity index (χ3n) is 3.85. The highest BCUT2D eigenvalue weighted by molar-refractivity contribution is 6.01. The lowest BCUT2D eigenvalue weighted by Crippen LogP contribution is -2.10. The van der Waals surface area contributed by atoms with Gasteiger partial charge >= 0.3 is 0 Å². The first-order chi connectivity index (χ1) is 8.25. The fourth-order valence-corrected chi connectivity index (χ4v) is 2.59. The zero-order valence-electron chi connectivity index (χ0n) is 10.4. The van der Waals surface area contributed by atoms with Gasteiger partial charge < -0.3 is 0 Å². The molecule has 1 aromatic rings. The molecule has 0 saturated heterocycles. The van der Waals surface area contributed by atoms with Crippen molar-refractivity contribution in [2.45, 2.75) is 26.7 Å². The van der Waals surface area contributed by atoms with Crippen molar-refractivity contribution in [3.05, 3.63) is 53.1 Å². The van der Waals surface area contributed by atoms with Crippen LogP contribution < -0.4 is 0 Å². The van der Waals surface area contributed by atoms with Crippen LogP contribution in [0.2, 0.25) is 0 Å². The highest BCUT2D eigenvalue weighted by Crippen LogP contribution is 2.33. The van der Waals surface area contributed by atoms with Gasteiger partial charge in [-0.3, -0.25) is 4.99 Å². The molecule has 17 heavy (non-hydrogen) atoms. The Morgan fingerprint density at radius 1 is 1.18 bits per heavy atom. The van der Waals surface area contributed by atoms with E-state index >= 15 is 0 Å². The lowest BCUT2D eigenvalue weighted by Gasteiger charge is -2.12. The van der Waals surface area contributed by atoms with Crippen molar-refractivity contribution >= 4 is 11.4 Å². The van der Waals surface area contributed by atoms with Crippen LogP contribution in [0.15, 0.2) is 41.4 Å². The minimum absolute atomic E-state index is 0.507. The third-order valence-corrected chi connectivity index (χ3v) is 3.85. The van der Waals surface area contributed by atoms with Crippen molar-refractivity contribution < 1.29 is 0 Å². The van der Waals surface area contributed by atoms with E-state index in [2.05, 4.69) is 50.3 Å². The number of aryl methyl sites for hydroxylation is 2. The van der Waals surface area contributed by atoms with E-state index in [4.69, 9.17) is 4.99 Å². The van der Waals surface area contributed by atoms with Crippen LogP contribution >= 0.6 is 0 Å². The van der Waals surface area contributed by atoms with Crippen LogP contribution in [0.4, 0.5) is 5.69 Å². The van der Waals surface area contributed by atoms with Crippen LogP contribution in [0.1, 0.15) is 23.1 Å². The van der Waals surface area contributed by atoms with Gasteiger partial charge in [-0.2, -0.15) is 0 Å². The van der Waals surface area contributed by atoms with Crippen molar-refractivity contribution in [2.24, 2.45) is 10.9 Å². The number of allylic oxidation sites excluding steroid dienone is 4. The van der Waals surface area contributed by atoms with Gasteiger partial charge in [0, 0.05) is 11.6 Å². The maximum atomic E-state index is 4.90. The second kappa shape index (κ2) is 3.99. The maximum Gasteiger partial charge on any atom is 0.0696 e. The van der Waals surface area contributed by atoms with Gasteiger partial charge in [0.2, 0.25) is 0 Å². The molecule has 0 amide bonds. The second-order valence-electron chi connectivity index (χ2n) is 4.94. The maximum absolute atomic E-state index is 4.90. The van der Waals surface area contributed by atoms with E-state index in [0.29, 0.717) is 5.92 Å². The van der Waals surface area contributed by atoms with Crippen LogP contribution in [-0.2, 0) is 6.42 Å². The van der Waals surface area contributed by atoms with Crippen LogP contribution in [0.25, 0.3) is 0 Å². The highest BCUT2D eigenvalue weighted by atomic mass is 14.8. The lowest BCUT2D eigenvalue weighted by molar-refractivity contribution is 0.750. The summed E-state index contributed by atoms with van der Waals surface area (Å²) in [4.78, 5) is 4.90. The minimum atomic E-state index is 0.507. The first-order valence-electron chi connectivity index (χ1n) is 6.28. The molecule has 1 aliphatic heterocycles. The highest BCUT2D eigenvalue weighted by Gasteiger charge is 2.19. The van der Waals surface area contributed by atoms with Crippen LogP contribution in [0.5, 0.6) is 0 Å².